The molecule has 6 heteroatoms. The van der Waals surface area contributed by atoms with Crippen LogP contribution < -0.4 is 4.90 Å². The number of nitrogens with zero attached hydrogens (tertiary/aromatic N) is 1. The number of ether oxygens (including phenoxy) is 2. The molecule has 1 saturated carbocycles. The van der Waals surface area contributed by atoms with Crippen molar-refractivity contribution in [3.63, 3.8) is 0 Å². The third kappa shape index (κ3) is 7.88. The Hall–Kier alpha value is -5.63. The summed E-state index contributed by atoms with van der Waals surface area (Å²) in [6, 6.07) is 58.0. The second kappa shape index (κ2) is 17.0. The van der Waals surface area contributed by atoms with E-state index >= 15 is 0 Å². The van der Waals surface area contributed by atoms with Crippen molar-refractivity contribution >= 4 is 11.6 Å². The maximum Gasteiger partial charge on any atom is 0.253 e. The van der Waals surface area contributed by atoms with Gasteiger partial charge in [0.25, 0.3) is 5.91 Å². The summed E-state index contributed by atoms with van der Waals surface area (Å²) in [5.74, 6) is -0.903. The number of carbonyl (C=O) groups excluding carboxylic acids is 1. The third-order valence-corrected chi connectivity index (χ3v) is 10.9. The lowest BCUT2D eigenvalue weighted by Crippen LogP contribution is -2.54. The van der Waals surface area contributed by atoms with Crippen LogP contribution >= 0.6 is 0 Å². The van der Waals surface area contributed by atoms with Crippen LogP contribution in [-0.4, -0.2) is 34.1 Å². The molecule has 2 N–H and O–H groups in total. The Morgan fingerprint density at radius 3 is 1.25 bits per heavy atom. The average molecular weight is 744 g/mol. The number of benzene rings is 6. The maximum atomic E-state index is 12.8. The van der Waals surface area contributed by atoms with Gasteiger partial charge in [0, 0.05) is 24.1 Å². The molecule has 1 heterocycles. The van der Waals surface area contributed by atoms with Crippen LogP contribution in [0.5, 0.6) is 0 Å². The quantitative estimate of drug-likeness (QED) is 0.137. The predicted octanol–water partition coefficient (Wildman–Crippen LogP) is 9.71. The van der Waals surface area contributed by atoms with Crippen molar-refractivity contribution in [1.82, 2.24) is 0 Å². The van der Waals surface area contributed by atoms with Gasteiger partial charge in [0.1, 0.15) is 23.4 Å². The van der Waals surface area contributed by atoms with Crippen molar-refractivity contribution in [3.8, 4) is 0 Å². The number of aliphatic hydroxyl groups is 2. The molecule has 1 aliphatic heterocycles. The van der Waals surface area contributed by atoms with Gasteiger partial charge in [0.05, 0.1) is 6.54 Å². The van der Waals surface area contributed by atoms with Gasteiger partial charge in [-0.3, -0.25) is 4.79 Å². The normalized spacial score (nSPS) is 17.5. The second-order valence-electron chi connectivity index (χ2n) is 14.7. The van der Waals surface area contributed by atoms with E-state index in [0.29, 0.717) is 34.4 Å². The molecule has 0 bridgehead atoms. The highest BCUT2D eigenvalue weighted by atomic mass is 16.8. The number of hydrogen-bond donors (Lipinski definition) is 2. The lowest BCUT2D eigenvalue weighted by molar-refractivity contribution is -0.192. The van der Waals surface area contributed by atoms with E-state index in [0.717, 1.165) is 36.9 Å². The van der Waals surface area contributed by atoms with E-state index in [1.54, 1.807) is 11.8 Å². The molecular weight excluding hydrogens is 695 g/mol. The van der Waals surface area contributed by atoms with Gasteiger partial charge < -0.3 is 24.6 Å². The van der Waals surface area contributed by atoms with E-state index in [1.165, 1.54) is 0 Å². The van der Waals surface area contributed by atoms with Crippen molar-refractivity contribution in [3.05, 3.63) is 222 Å². The van der Waals surface area contributed by atoms with Gasteiger partial charge in [-0.05, 0) is 59.7 Å². The Morgan fingerprint density at radius 1 is 0.589 bits per heavy atom. The van der Waals surface area contributed by atoms with Crippen LogP contribution in [0.2, 0.25) is 0 Å². The fourth-order valence-electron chi connectivity index (χ4n) is 8.02. The minimum absolute atomic E-state index is 0.0462. The summed E-state index contributed by atoms with van der Waals surface area (Å²) >= 11 is 0. The standard InChI is InChI=1S/C33H32O4.C17H17NO/c34-32(25-15-5-1-6-16-25,26-17-7-2-8-18-26)29-30(37-31(36-29)23-13-14-24-31)33(35,27-19-9-3-10-20-27)28-21-11-4-12-22-28;1-14(2)17(19)18(16-11-7-4-8-12-16)13-15-9-5-3-6-10-15/h1-12,15-22,29-30,34-35H,13-14,23-24H2;3-12H,1,13H2,2H3/t29-,30-;/m1./s1. The summed E-state index contributed by atoms with van der Waals surface area (Å²) in [5, 5.41) is 25.6. The molecule has 8 rings (SSSR count). The Balaban J connectivity index is 0.000000213. The van der Waals surface area contributed by atoms with Gasteiger partial charge in [0.15, 0.2) is 5.79 Å². The molecule has 2 aliphatic rings. The lowest BCUT2D eigenvalue weighted by atomic mass is 9.72. The predicted molar refractivity (Wildman–Crippen MR) is 222 cm³/mol. The number of anilines is 1. The molecular formula is C50H49NO5. The zero-order chi connectivity index (χ0) is 39.0. The molecule has 6 aromatic carbocycles. The fraction of sp³-hybridized carbons (Fsp3) is 0.220. The first kappa shape index (κ1) is 38.6. The second-order valence-corrected chi connectivity index (χ2v) is 14.7. The Labute approximate surface area is 330 Å². The van der Waals surface area contributed by atoms with Gasteiger partial charge in [-0.2, -0.15) is 0 Å². The number of amides is 1. The van der Waals surface area contributed by atoms with Gasteiger partial charge in [-0.15, -0.1) is 0 Å². The Bertz CT molecular complexity index is 1980. The summed E-state index contributed by atoms with van der Waals surface area (Å²) < 4.78 is 13.7. The number of carbonyl (C=O) groups is 1. The zero-order valence-corrected chi connectivity index (χ0v) is 31.8. The van der Waals surface area contributed by atoms with Gasteiger partial charge in [0.2, 0.25) is 0 Å². The smallest absolute Gasteiger partial charge is 0.253 e. The van der Waals surface area contributed by atoms with Crippen LogP contribution in [-0.2, 0) is 32.0 Å². The van der Waals surface area contributed by atoms with Crippen LogP contribution in [0.4, 0.5) is 5.69 Å². The monoisotopic (exact) mass is 743 g/mol. The van der Waals surface area contributed by atoms with Crippen LogP contribution in [0.1, 0.15) is 60.4 Å². The molecule has 56 heavy (non-hydrogen) atoms. The van der Waals surface area contributed by atoms with E-state index in [9.17, 15) is 15.0 Å². The summed E-state index contributed by atoms with van der Waals surface area (Å²) in [6.45, 7) is 6.04. The summed E-state index contributed by atoms with van der Waals surface area (Å²) in [4.78, 5) is 14.0. The highest BCUT2D eigenvalue weighted by Gasteiger charge is 2.63. The number of rotatable bonds is 10. The third-order valence-electron chi connectivity index (χ3n) is 10.9. The first-order valence-electron chi connectivity index (χ1n) is 19.3. The largest absolute Gasteiger partial charge is 0.378 e. The molecule has 6 nitrogen and oxygen atoms in total. The van der Waals surface area contributed by atoms with Crippen LogP contribution in [0.15, 0.2) is 194 Å². The molecule has 1 aliphatic carbocycles. The molecule has 1 saturated heterocycles. The molecule has 2 fully saturated rings. The maximum absolute atomic E-state index is 12.8. The van der Waals surface area contributed by atoms with Crippen LogP contribution in [0, 0.1) is 0 Å². The molecule has 0 radical (unpaired) electrons. The van der Waals surface area contributed by atoms with Crippen molar-refractivity contribution in [1.29, 1.82) is 0 Å². The van der Waals surface area contributed by atoms with Crippen molar-refractivity contribution in [2.24, 2.45) is 0 Å². The van der Waals surface area contributed by atoms with Crippen LogP contribution in [0.3, 0.4) is 0 Å². The average Bonchev–Trinajstić information content (AvgIpc) is 3.90. The van der Waals surface area contributed by atoms with Crippen molar-refractivity contribution < 1.29 is 24.5 Å². The van der Waals surface area contributed by atoms with E-state index in [4.69, 9.17) is 9.47 Å². The van der Waals surface area contributed by atoms with Crippen molar-refractivity contribution in [2.45, 2.75) is 68.3 Å². The molecule has 6 aromatic rings. The SMILES string of the molecule is C=C(C)C(=O)N(Cc1ccccc1)c1ccccc1.OC(c1ccccc1)(c1ccccc1)[C@@H]1OC2(CCCC2)O[C@H]1C(O)(c1ccccc1)c1ccccc1. The minimum Gasteiger partial charge on any atom is -0.378 e. The number of para-hydroxylation sites is 1. The van der Waals surface area contributed by atoms with E-state index < -0.39 is 29.2 Å². The summed E-state index contributed by atoms with van der Waals surface area (Å²) in [6.07, 6.45) is 1.62. The summed E-state index contributed by atoms with van der Waals surface area (Å²) in [7, 11) is 0. The van der Waals surface area contributed by atoms with Crippen molar-refractivity contribution in [2.75, 3.05) is 4.90 Å². The van der Waals surface area contributed by atoms with E-state index in [1.807, 2.05) is 182 Å². The number of hydrogen-bond acceptors (Lipinski definition) is 5. The highest BCUT2D eigenvalue weighted by molar-refractivity contribution is 6.04. The Morgan fingerprint density at radius 2 is 0.911 bits per heavy atom. The molecule has 0 aromatic heterocycles. The molecule has 0 unspecified atom stereocenters. The zero-order valence-electron chi connectivity index (χ0n) is 31.8. The Kier molecular flexibility index (Phi) is 11.7. The molecule has 1 amide bonds. The van der Waals surface area contributed by atoms with Gasteiger partial charge in [-0.1, -0.05) is 176 Å². The fourth-order valence-corrected chi connectivity index (χ4v) is 8.02. The van der Waals surface area contributed by atoms with Gasteiger partial charge >= 0.3 is 0 Å². The lowest BCUT2D eigenvalue weighted by Gasteiger charge is -2.42. The first-order chi connectivity index (χ1) is 27.2. The summed E-state index contributed by atoms with van der Waals surface area (Å²) in [5.41, 5.74) is 2.15. The first-order valence-corrected chi connectivity index (χ1v) is 19.3. The molecule has 1 spiro atoms. The molecule has 2 atom stereocenters. The van der Waals surface area contributed by atoms with E-state index in [2.05, 4.69) is 6.58 Å². The van der Waals surface area contributed by atoms with Gasteiger partial charge in [-0.25, -0.2) is 0 Å². The van der Waals surface area contributed by atoms with Crippen LogP contribution in [0.25, 0.3) is 0 Å². The minimum atomic E-state index is -1.57. The van der Waals surface area contributed by atoms with E-state index in [-0.39, 0.29) is 5.91 Å². The molecule has 284 valence electrons. The highest BCUT2D eigenvalue weighted by Crippen LogP contribution is 2.54. The topological polar surface area (TPSA) is 79.2 Å².